The molecule has 0 aromatic carbocycles. The Kier molecular flexibility index (Phi) is 30.6. The van der Waals surface area contributed by atoms with Crippen LogP contribution in [0.25, 0.3) is 0 Å². The number of hydrogen-bond donors (Lipinski definition) is 1. The van der Waals surface area contributed by atoms with Crippen molar-refractivity contribution in [2.24, 2.45) is 5.90 Å². The molecule has 13 heteroatoms. The van der Waals surface area contributed by atoms with Crippen molar-refractivity contribution in [2.75, 3.05) is 27.5 Å². The van der Waals surface area contributed by atoms with E-state index in [0.29, 0.717) is 0 Å². The summed E-state index contributed by atoms with van der Waals surface area (Å²) in [6.45, 7) is -4.26. The minimum atomic E-state index is -4.17. The van der Waals surface area contributed by atoms with Gasteiger partial charge in [0.1, 0.15) is 6.61 Å². The molecule has 0 aromatic heterocycles. The van der Waals surface area contributed by atoms with Crippen molar-refractivity contribution in [3.05, 3.63) is 0 Å². The molecule has 0 saturated carbocycles. The van der Waals surface area contributed by atoms with E-state index in [9.17, 15) is 35.3 Å². The summed E-state index contributed by atoms with van der Waals surface area (Å²) in [4.78, 5) is 14.1. The number of nitrogens with two attached hydrogens (primary N) is 1. The lowest BCUT2D eigenvalue weighted by Crippen LogP contribution is -2.14. The highest BCUT2D eigenvalue weighted by atomic mass is 19.4. The summed E-state index contributed by atoms with van der Waals surface area (Å²) in [5.74, 6) is 3.95. The zero-order chi connectivity index (χ0) is 16.3. The Labute approximate surface area is 102 Å². The van der Waals surface area contributed by atoms with E-state index in [1.165, 1.54) is 0 Å². The van der Waals surface area contributed by atoms with E-state index in [1.807, 2.05) is 0 Å². The van der Waals surface area contributed by atoms with Gasteiger partial charge >= 0.3 is 12.4 Å². The first-order valence-electron chi connectivity index (χ1n) is 3.70. The standard InChI is InChI=1S/C3H5F3O.CH2F2O.CH2F2.CH2FNO2/c1-7-2-3(4,5)6;2-1-4-3;2-1-3;2-1(4)5-3/h2H2,1H3;1H2;1H2;3H2. The fourth-order valence-corrected chi connectivity index (χ4v) is 0.164. The van der Waals surface area contributed by atoms with Gasteiger partial charge in [0.15, 0.2) is 0 Å². The van der Waals surface area contributed by atoms with Crippen LogP contribution in [0.15, 0.2) is 0 Å². The van der Waals surface area contributed by atoms with Crippen molar-refractivity contribution in [1.29, 1.82) is 0 Å². The Morgan fingerprint density at radius 2 is 1.47 bits per heavy atom. The van der Waals surface area contributed by atoms with E-state index in [1.54, 1.807) is 0 Å². The maximum atomic E-state index is 10.9. The minimum absolute atomic E-state index is 1.01. The first kappa shape index (κ1) is 26.4. The van der Waals surface area contributed by atoms with E-state index in [-0.39, 0.29) is 0 Å². The molecule has 120 valence electrons. The van der Waals surface area contributed by atoms with Crippen LogP contribution in [0.1, 0.15) is 0 Å². The Bertz CT molecular complexity index is 168. The fourth-order valence-electron chi connectivity index (χ4n) is 0.164. The van der Waals surface area contributed by atoms with Gasteiger partial charge in [-0.3, -0.25) is 0 Å². The lowest BCUT2D eigenvalue weighted by Gasteiger charge is -2.01. The van der Waals surface area contributed by atoms with Crippen LogP contribution in [-0.2, 0) is 14.5 Å². The summed E-state index contributed by atoms with van der Waals surface area (Å²) in [6.07, 6.45) is -6.14. The molecule has 0 aliphatic rings. The number of carbonyl (C=O) groups is 1. The van der Waals surface area contributed by atoms with Gasteiger partial charge in [-0.15, -0.1) is 4.39 Å². The second-order valence-corrected chi connectivity index (χ2v) is 1.72. The summed E-state index contributed by atoms with van der Waals surface area (Å²) >= 11 is 0. The molecule has 0 aliphatic carbocycles. The smallest absolute Gasteiger partial charge is 0.375 e. The average molecular weight is 313 g/mol. The number of ether oxygens (including phenoxy) is 1. The summed E-state index contributed by atoms with van der Waals surface area (Å²) in [7, 11) is 1.01. The average Bonchev–Trinajstić information content (AvgIpc) is 2.29. The zero-order valence-corrected chi connectivity index (χ0v) is 9.36. The normalized spacial score (nSPS) is 8.74. The second-order valence-electron chi connectivity index (χ2n) is 1.72. The van der Waals surface area contributed by atoms with E-state index in [2.05, 4.69) is 20.4 Å². The molecule has 0 aliphatic heterocycles. The van der Waals surface area contributed by atoms with Crippen molar-refractivity contribution in [3.63, 3.8) is 0 Å². The van der Waals surface area contributed by atoms with Crippen molar-refractivity contribution < 1.29 is 54.6 Å². The molecular weight excluding hydrogens is 302 g/mol. The predicted molar refractivity (Wildman–Crippen MR) is 45.0 cm³/mol. The topological polar surface area (TPSA) is 70.8 Å². The van der Waals surface area contributed by atoms with Gasteiger partial charge < -0.3 is 9.57 Å². The van der Waals surface area contributed by atoms with E-state index < -0.39 is 32.8 Å². The Morgan fingerprint density at radius 3 is 1.47 bits per heavy atom. The molecule has 0 aromatic rings. The summed E-state index contributed by atoms with van der Waals surface area (Å²) in [6, 6.07) is 0. The van der Waals surface area contributed by atoms with Crippen LogP contribution in [-0.4, -0.2) is 39.9 Å². The van der Waals surface area contributed by atoms with E-state index in [4.69, 9.17) is 4.79 Å². The largest absolute Gasteiger partial charge is 0.514 e. The second kappa shape index (κ2) is 22.0. The summed E-state index contributed by atoms with van der Waals surface area (Å²) in [5.41, 5.74) is 0. The van der Waals surface area contributed by atoms with Gasteiger partial charge in [0.2, 0.25) is 13.8 Å². The molecule has 0 bridgehead atoms. The van der Waals surface area contributed by atoms with Crippen LogP contribution in [0.2, 0.25) is 0 Å². The van der Waals surface area contributed by atoms with Crippen LogP contribution in [0.4, 0.5) is 40.1 Å². The maximum absolute atomic E-state index is 10.9. The number of rotatable bonds is 2. The Hall–Kier alpha value is -1.21. The monoisotopic (exact) mass is 313 g/mol. The lowest BCUT2D eigenvalue weighted by molar-refractivity contribution is -0.167. The number of alkyl halides is 6. The Balaban J connectivity index is -0.0000000833. The van der Waals surface area contributed by atoms with Crippen LogP contribution in [0.5, 0.6) is 0 Å². The molecule has 0 heterocycles. The van der Waals surface area contributed by atoms with Crippen LogP contribution >= 0.6 is 0 Å². The highest BCUT2D eigenvalue weighted by Gasteiger charge is 2.26. The van der Waals surface area contributed by atoms with Gasteiger partial charge in [0.05, 0.1) is 0 Å². The molecule has 0 spiro atoms. The molecular formula is C6H11F8NO4. The first-order valence-corrected chi connectivity index (χ1v) is 3.70. The van der Waals surface area contributed by atoms with Crippen molar-refractivity contribution in [2.45, 2.75) is 6.18 Å². The molecule has 5 nitrogen and oxygen atoms in total. The predicted octanol–water partition coefficient (Wildman–Crippen LogP) is 2.86. The van der Waals surface area contributed by atoms with Gasteiger partial charge in [0.25, 0.3) is 0 Å². The first-order chi connectivity index (χ1) is 8.66. The zero-order valence-electron chi connectivity index (χ0n) is 9.36. The third kappa shape index (κ3) is 110. The SMILES string of the molecule is COCC(F)(F)F.FCF.FCOF.NOC(=O)F. The van der Waals surface area contributed by atoms with Crippen LogP contribution in [0, 0.1) is 0 Å². The minimum Gasteiger partial charge on any atom is -0.375 e. The molecule has 2 N–H and O–H groups in total. The highest BCUT2D eigenvalue weighted by molar-refractivity contribution is 5.57. The third-order valence-electron chi connectivity index (χ3n) is 0.442. The molecule has 0 unspecified atom stereocenters. The number of halogens is 8. The molecule has 0 amide bonds. The fraction of sp³-hybridized carbons (Fsp3) is 0.833. The lowest BCUT2D eigenvalue weighted by atomic mass is 10.7. The van der Waals surface area contributed by atoms with Crippen molar-refractivity contribution in [1.82, 2.24) is 0 Å². The van der Waals surface area contributed by atoms with Gasteiger partial charge in [-0.05, 0) is 4.53 Å². The summed E-state index contributed by atoms with van der Waals surface area (Å²) in [5, 5.41) is 0. The van der Waals surface area contributed by atoms with Gasteiger partial charge in [0, 0.05) is 7.11 Å². The maximum Gasteiger partial charge on any atom is 0.514 e. The van der Waals surface area contributed by atoms with Crippen molar-refractivity contribution in [3.8, 4) is 0 Å². The third-order valence-corrected chi connectivity index (χ3v) is 0.442. The van der Waals surface area contributed by atoms with E-state index in [0.717, 1.165) is 7.11 Å². The van der Waals surface area contributed by atoms with E-state index >= 15 is 0 Å². The van der Waals surface area contributed by atoms with Crippen LogP contribution in [0.3, 0.4) is 0 Å². The molecule has 0 fully saturated rings. The molecule has 0 atom stereocenters. The van der Waals surface area contributed by atoms with Gasteiger partial charge in [-0.25, -0.2) is 18.0 Å². The van der Waals surface area contributed by atoms with Gasteiger partial charge in [-0.1, -0.05) is 0 Å². The summed E-state index contributed by atoms with van der Waals surface area (Å²) < 4.78 is 86.2. The molecule has 0 radical (unpaired) electrons. The highest BCUT2D eigenvalue weighted by Crippen LogP contribution is 2.13. The number of hydrogen-bond acceptors (Lipinski definition) is 5. The molecule has 0 saturated heterocycles. The van der Waals surface area contributed by atoms with Crippen molar-refractivity contribution >= 4 is 6.22 Å². The molecule has 0 rings (SSSR count). The quantitative estimate of drug-likeness (QED) is 0.482. The molecule has 19 heavy (non-hydrogen) atoms. The number of carbonyl (C=O) groups excluding carboxylic acids is 1. The Morgan fingerprint density at radius 1 is 1.21 bits per heavy atom. The van der Waals surface area contributed by atoms with Crippen LogP contribution < -0.4 is 5.90 Å². The van der Waals surface area contributed by atoms with Gasteiger partial charge in [-0.2, -0.15) is 24.0 Å². The number of methoxy groups -OCH3 is 1.